The molecule has 4 bridgehead atoms. The predicted octanol–water partition coefficient (Wildman–Crippen LogP) is 3.99. The van der Waals surface area contributed by atoms with E-state index in [9.17, 15) is 9.59 Å². The van der Waals surface area contributed by atoms with Crippen LogP contribution in [0.15, 0.2) is 30.3 Å². The van der Waals surface area contributed by atoms with Crippen LogP contribution in [-0.2, 0) is 4.79 Å². The molecule has 2 amide bonds. The molecule has 8 rings (SSSR count). The van der Waals surface area contributed by atoms with Crippen LogP contribution in [0.3, 0.4) is 0 Å². The molecule has 1 aromatic heterocycles. The van der Waals surface area contributed by atoms with Gasteiger partial charge in [-0.1, -0.05) is 18.2 Å². The number of para-hydroxylation sites is 1. The first-order valence-corrected chi connectivity index (χ1v) is 13.3. The molecule has 5 aliphatic carbocycles. The van der Waals surface area contributed by atoms with Crippen LogP contribution in [0.25, 0.3) is 10.9 Å². The van der Waals surface area contributed by atoms with Crippen molar-refractivity contribution in [3.05, 3.63) is 35.9 Å². The first-order chi connectivity index (χ1) is 16.6. The molecule has 6 nitrogen and oxygen atoms in total. The van der Waals surface area contributed by atoms with Gasteiger partial charge in [-0.15, -0.1) is 0 Å². The van der Waals surface area contributed by atoms with Crippen molar-refractivity contribution in [2.24, 2.45) is 23.2 Å². The van der Waals surface area contributed by atoms with Crippen LogP contribution in [0.5, 0.6) is 0 Å². The van der Waals surface area contributed by atoms with Gasteiger partial charge in [-0.25, -0.2) is 4.98 Å². The Labute approximate surface area is 201 Å². The molecule has 0 spiro atoms. The van der Waals surface area contributed by atoms with Gasteiger partial charge >= 0.3 is 0 Å². The van der Waals surface area contributed by atoms with Crippen LogP contribution >= 0.6 is 0 Å². The van der Waals surface area contributed by atoms with Crippen molar-refractivity contribution in [3.63, 3.8) is 0 Å². The number of piperazine rings is 1. The molecule has 1 aromatic carbocycles. The molecule has 178 valence electrons. The minimum Gasteiger partial charge on any atom is -0.353 e. The van der Waals surface area contributed by atoms with E-state index in [0.717, 1.165) is 92.8 Å². The van der Waals surface area contributed by atoms with Crippen molar-refractivity contribution in [1.82, 2.24) is 15.2 Å². The van der Waals surface area contributed by atoms with Crippen LogP contribution in [0.4, 0.5) is 5.82 Å². The summed E-state index contributed by atoms with van der Waals surface area (Å²) in [6.07, 6.45) is 9.62. The topological polar surface area (TPSA) is 65.5 Å². The van der Waals surface area contributed by atoms with Gasteiger partial charge in [0.05, 0.1) is 16.5 Å². The van der Waals surface area contributed by atoms with E-state index in [1.165, 1.54) is 19.3 Å². The summed E-state index contributed by atoms with van der Waals surface area (Å²) in [7, 11) is 0. The maximum Gasteiger partial charge on any atom is 0.252 e. The van der Waals surface area contributed by atoms with E-state index in [1.54, 1.807) is 0 Å². The van der Waals surface area contributed by atoms with Crippen LogP contribution in [-0.4, -0.2) is 53.9 Å². The maximum atomic E-state index is 13.8. The van der Waals surface area contributed by atoms with Crippen molar-refractivity contribution >= 4 is 28.5 Å². The summed E-state index contributed by atoms with van der Waals surface area (Å²) >= 11 is 0. The summed E-state index contributed by atoms with van der Waals surface area (Å²) in [6, 6.07) is 10.2. The number of nitrogens with zero attached hydrogens (tertiary/aromatic N) is 3. The van der Waals surface area contributed by atoms with Gasteiger partial charge in [0.1, 0.15) is 5.82 Å². The summed E-state index contributed by atoms with van der Waals surface area (Å²) in [4.78, 5) is 36.0. The van der Waals surface area contributed by atoms with E-state index in [2.05, 4.69) is 15.1 Å². The van der Waals surface area contributed by atoms with Gasteiger partial charge in [0, 0.05) is 37.6 Å². The average molecular weight is 459 g/mol. The lowest BCUT2D eigenvalue weighted by Gasteiger charge is -2.57. The standard InChI is InChI=1S/C28H34N4O2/c33-26(29-21-5-6-21)23-14-25(30-24-4-2-1-3-22(23)24)31-7-9-32(10-8-31)27(34)28-15-18-11-19(16-28)13-20(12-18)17-28/h1-4,14,18-21H,5-13,15-17H2,(H,29,33). The van der Waals surface area contributed by atoms with Crippen LogP contribution in [0, 0.1) is 23.2 Å². The van der Waals surface area contributed by atoms with Gasteiger partial charge in [0.25, 0.3) is 5.91 Å². The van der Waals surface area contributed by atoms with Crippen molar-refractivity contribution in [1.29, 1.82) is 0 Å². The first kappa shape index (κ1) is 20.7. The minimum atomic E-state index is -0.0633. The molecule has 6 fully saturated rings. The fourth-order valence-electron chi connectivity index (χ4n) is 7.85. The smallest absolute Gasteiger partial charge is 0.252 e. The minimum absolute atomic E-state index is 0.00187. The molecule has 6 aliphatic rings. The zero-order valence-electron chi connectivity index (χ0n) is 19.8. The molecule has 2 heterocycles. The molecular formula is C28H34N4O2. The summed E-state index contributed by atoms with van der Waals surface area (Å²) in [5, 5.41) is 4.04. The lowest BCUT2D eigenvalue weighted by atomic mass is 9.49. The molecule has 5 saturated carbocycles. The number of hydrogen-bond donors (Lipinski definition) is 1. The van der Waals surface area contributed by atoms with Crippen molar-refractivity contribution in [3.8, 4) is 0 Å². The number of hydrogen-bond acceptors (Lipinski definition) is 4. The SMILES string of the molecule is O=C(NC1CC1)c1cc(N2CCN(C(=O)C34CC5CC(CC(C5)C3)C4)CC2)nc2ccccc12. The summed E-state index contributed by atoms with van der Waals surface area (Å²) in [5.41, 5.74) is 1.50. The molecule has 1 aliphatic heterocycles. The third-order valence-electron chi connectivity index (χ3n) is 9.24. The molecule has 34 heavy (non-hydrogen) atoms. The number of carbonyl (C=O) groups excluding carboxylic acids is 2. The summed E-state index contributed by atoms with van der Waals surface area (Å²) in [6.45, 7) is 3.04. The number of aromatic nitrogens is 1. The zero-order valence-corrected chi connectivity index (χ0v) is 19.8. The second kappa shape index (κ2) is 7.69. The lowest BCUT2D eigenvalue weighted by Crippen LogP contribution is -2.58. The largest absolute Gasteiger partial charge is 0.353 e. The Balaban J connectivity index is 1.09. The second-order valence-corrected chi connectivity index (χ2v) is 11.8. The van der Waals surface area contributed by atoms with Gasteiger partial charge in [0.2, 0.25) is 5.91 Å². The summed E-state index contributed by atoms with van der Waals surface area (Å²) < 4.78 is 0. The molecular weight excluding hydrogens is 424 g/mol. The number of fused-ring (bicyclic) bond motifs is 1. The third kappa shape index (κ3) is 3.48. The van der Waals surface area contributed by atoms with Gasteiger partial charge in [0.15, 0.2) is 0 Å². The van der Waals surface area contributed by atoms with Crippen LogP contribution < -0.4 is 10.2 Å². The number of anilines is 1. The Morgan fingerprint density at radius 1 is 0.912 bits per heavy atom. The highest BCUT2D eigenvalue weighted by Gasteiger charge is 2.55. The van der Waals surface area contributed by atoms with E-state index < -0.39 is 0 Å². The van der Waals surface area contributed by atoms with Crippen molar-refractivity contribution < 1.29 is 9.59 Å². The zero-order chi connectivity index (χ0) is 22.9. The number of benzene rings is 1. The Bertz CT molecular complexity index is 1110. The fourth-order valence-corrected chi connectivity index (χ4v) is 7.85. The Morgan fingerprint density at radius 2 is 1.56 bits per heavy atom. The Morgan fingerprint density at radius 3 is 2.21 bits per heavy atom. The van der Waals surface area contributed by atoms with E-state index in [4.69, 9.17) is 4.98 Å². The maximum absolute atomic E-state index is 13.8. The van der Waals surface area contributed by atoms with Gasteiger partial charge in [-0.3, -0.25) is 9.59 Å². The highest BCUT2D eigenvalue weighted by Crippen LogP contribution is 2.60. The molecule has 1 saturated heterocycles. The molecule has 6 heteroatoms. The van der Waals surface area contributed by atoms with Crippen molar-refractivity contribution in [2.75, 3.05) is 31.1 Å². The number of amides is 2. The molecule has 0 unspecified atom stereocenters. The predicted molar refractivity (Wildman–Crippen MR) is 132 cm³/mol. The highest BCUT2D eigenvalue weighted by atomic mass is 16.2. The number of pyridine rings is 1. The van der Waals surface area contributed by atoms with Crippen LogP contribution in [0.2, 0.25) is 0 Å². The van der Waals surface area contributed by atoms with Crippen LogP contribution in [0.1, 0.15) is 61.7 Å². The fraction of sp³-hybridized carbons (Fsp3) is 0.607. The van der Waals surface area contributed by atoms with E-state index in [0.29, 0.717) is 17.5 Å². The van der Waals surface area contributed by atoms with E-state index >= 15 is 0 Å². The molecule has 1 N–H and O–H groups in total. The van der Waals surface area contributed by atoms with Gasteiger partial charge in [-0.2, -0.15) is 0 Å². The molecule has 0 radical (unpaired) electrons. The van der Waals surface area contributed by atoms with Gasteiger partial charge in [-0.05, 0) is 81.3 Å². The highest BCUT2D eigenvalue weighted by molar-refractivity contribution is 6.07. The first-order valence-electron chi connectivity index (χ1n) is 13.3. The number of carbonyl (C=O) groups is 2. The Hall–Kier alpha value is -2.63. The lowest BCUT2D eigenvalue weighted by molar-refractivity contribution is -0.158. The quantitative estimate of drug-likeness (QED) is 0.752. The normalized spacial score (nSPS) is 32.3. The monoisotopic (exact) mass is 458 g/mol. The Kier molecular flexibility index (Phi) is 4.69. The average Bonchev–Trinajstić information content (AvgIpc) is 3.66. The third-order valence-corrected chi connectivity index (χ3v) is 9.24. The molecule has 0 atom stereocenters. The van der Waals surface area contributed by atoms with Crippen molar-refractivity contribution in [2.45, 2.75) is 57.4 Å². The number of rotatable bonds is 4. The molecule has 2 aromatic rings. The second-order valence-electron chi connectivity index (χ2n) is 11.8. The summed E-state index contributed by atoms with van der Waals surface area (Å²) in [5.74, 6) is 3.65. The van der Waals surface area contributed by atoms with Gasteiger partial charge < -0.3 is 15.1 Å². The number of nitrogens with one attached hydrogen (secondary N) is 1. The van der Waals surface area contributed by atoms with E-state index in [1.807, 2.05) is 30.3 Å². The van der Waals surface area contributed by atoms with E-state index in [-0.39, 0.29) is 11.3 Å².